The standard InChI is InChI=1S/C16H23FN2/c1-16(14-6-7-14)12-19(11-9-18-16)10-8-13-4-2-3-5-15(13)17/h2-5,14,18H,6-12H2,1H3. The molecule has 1 heterocycles. The first-order valence-electron chi connectivity index (χ1n) is 7.38. The quantitative estimate of drug-likeness (QED) is 0.896. The molecular formula is C16H23FN2. The van der Waals surface area contributed by atoms with Crippen LogP contribution in [0.25, 0.3) is 0 Å². The topological polar surface area (TPSA) is 15.3 Å². The van der Waals surface area contributed by atoms with E-state index in [-0.39, 0.29) is 11.4 Å². The number of piperazine rings is 1. The highest BCUT2D eigenvalue weighted by Gasteiger charge is 2.43. The van der Waals surface area contributed by atoms with Crippen molar-refractivity contribution in [2.75, 3.05) is 26.2 Å². The van der Waals surface area contributed by atoms with Crippen LogP contribution in [-0.4, -0.2) is 36.6 Å². The molecule has 1 aliphatic carbocycles. The fourth-order valence-electron chi connectivity index (χ4n) is 3.26. The molecule has 3 rings (SSSR count). The van der Waals surface area contributed by atoms with Crippen molar-refractivity contribution in [1.82, 2.24) is 10.2 Å². The van der Waals surface area contributed by atoms with Crippen molar-refractivity contribution in [3.05, 3.63) is 35.6 Å². The summed E-state index contributed by atoms with van der Waals surface area (Å²) in [4.78, 5) is 2.49. The maximum Gasteiger partial charge on any atom is 0.126 e. The Morgan fingerprint density at radius 2 is 2.16 bits per heavy atom. The number of halogens is 1. The van der Waals surface area contributed by atoms with E-state index in [1.54, 1.807) is 12.1 Å². The van der Waals surface area contributed by atoms with Gasteiger partial charge in [-0.05, 0) is 43.7 Å². The normalized spacial score (nSPS) is 28.5. The molecule has 2 aliphatic rings. The van der Waals surface area contributed by atoms with E-state index in [0.717, 1.165) is 44.1 Å². The summed E-state index contributed by atoms with van der Waals surface area (Å²) in [5.41, 5.74) is 1.13. The van der Waals surface area contributed by atoms with Gasteiger partial charge in [-0.3, -0.25) is 4.90 Å². The van der Waals surface area contributed by atoms with Gasteiger partial charge in [0.05, 0.1) is 0 Å². The first kappa shape index (κ1) is 13.1. The van der Waals surface area contributed by atoms with Crippen LogP contribution in [0, 0.1) is 11.7 Å². The summed E-state index contributed by atoms with van der Waals surface area (Å²) in [6.07, 6.45) is 3.54. The van der Waals surface area contributed by atoms with Crippen LogP contribution in [0.15, 0.2) is 24.3 Å². The Kier molecular flexibility index (Phi) is 3.59. The Balaban J connectivity index is 1.56. The molecule has 0 spiro atoms. The lowest BCUT2D eigenvalue weighted by atomic mass is 9.92. The van der Waals surface area contributed by atoms with Crippen LogP contribution in [0.4, 0.5) is 4.39 Å². The maximum atomic E-state index is 13.6. The van der Waals surface area contributed by atoms with Crippen molar-refractivity contribution in [1.29, 1.82) is 0 Å². The molecular weight excluding hydrogens is 239 g/mol. The number of nitrogens with zero attached hydrogens (tertiary/aromatic N) is 1. The number of hydrogen-bond donors (Lipinski definition) is 1. The van der Waals surface area contributed by atoms with Crippen molar-refractivity contribution in [2.24, 2.45) is 5.92 Å². The third-order valence-corrected chi connectivity index (χ3v) is 4.64. The first-order valence-corrected chi connectivity index (χ1v) is 7.38. The van der Waals surface area contributed by atoms with Gasteiger partial charge in [-0.2, -0.15) is 0 Å². The molecule has 19 heavy (non-hydrogen) atoms. The molecule has 1 saturated heterocycles. The van der Waals surface area contributed by atoms with E-state index >= 15 is 0 Å². The van der Waals surface area contributed by atoms with Crippen molar-refractivity contribution in [2.45, 2.75) is 31.7 Å². The van der Waals surface area contributed by atoms with Gasteiger partial charge in [-0.25, -0.2) is 4.39 Å². The van der Waals surface area contributed by atoms with Gasteiger partial charge in [0.15, 0.2) is 0 Å². The highest BCUT2D eigenvalue weighted by Crippen LogP contribution is 2.40. The Morgan fingerprint density at radius 1 is 1.37 bits per heavy atom. The molecule has 1 unspecified atom stereocenters. The Morgan fingerprint density at radius 3 is 2.89 bits per heavy atom. The summed E-state index contributed by atoms with van der Waals surface area (Å²) < 4.78 is 13.6. The van der Waals surface area contributed by atoms with Gasteiger partial charge in [-0.1, -0.05) is 18.2 Å². The largest absolute Gasteiger partial charge is 0.309 e. The van der Waals surface area contributed by atoms with Crippen molar-refractivity contribution in [3.8, 4) is 0 Å². The lowest BCUT2D eigenvalue weighted by molar-refractivity contribution is 0.128. The minimum absolute atomic E-state index is 0.0670. The predicted octanol–water partition coefficient (Wildman–Crippen LogP) is 2.44. The Hall–Kier alpha value is -0.930. The zero-order valence-electron chi connectivity index (χ0n) is 11.7. The molecule has 1 aromatic rings. The average molecular weight is 262 g/mol. The van der Waals surface area contributed by atoms with Crippen molar-refractivity contribution < 1.29 is 4.39 Å². The maximum absolute atomic E-state index is 13.6. The second-order valence-corrected chi connectivity index (χ2v) is 6.24. The molecule has 1 aromatic carbocycles. The zero-order valence-corrected chi connectivity index (χ0v) is 11.7. The lowest BCUT2D eigenvalue weighted by Crippen LogP contribution is -2.60. The van der Waals surface area contributed by atoms with Crippen LogP contribution in [-0.2, 0) is 6.42 Å². The summed E-state index contributed by atoms with van der Waals surface area (Å²) in [6.45, 7) is 6.55. The molecule has 0 amide bonds. The van der Waals surface area contributed by atoms with E-state index in [1.165, 1.54) is 12.8 Å². The van der Waals surface area contributed by atoms with Gasteiger partial charge in [-0.15, -0.1) is 0 Å². The van der Waals surface area contributed by atoms with E-state index in [2.05, 4.69) is 17.1 Å². The third-order valence-electron chi connectivity index (χ3n) is 4.64. The molecule has 1 saturated carbocycles. The molecule has 0 bridgehead atoms. The summed E-state index contributed by atoms with van der Waals surface area (Å²) >= 11 is 0. The fraction of sp³-hybridized carbons (Fsp3) is 0.625. The Labute approximate surface area is 115 Å². The summed E-state index contributed by atoms with van der Waals surface area (Å²) in [6, 6.07) is 7.14. The molecule has 1 N–H and O–H groups in total. The van der Waals surface area contributed by atoms with Crippen LogP contribution in [0.1, 0.15) is 25.3 Å². The van der Waals surface area contributed by atoms with Gasteiger partial charge in [0, 0.05) is 31.7 Å². The van der Waals surface area contributed by atoms with Crippen LogP contribution in [0.2, 0.25) is 0 Å². The van der Waals surface area contributed by atoms with E-state index < -0.39 is 0 Å². The third kappa shape index (κ3) is 2.98. The molecule has 0 radical (unpaired) electrons. The number of benzene rings is 1. The van der Waals surface area contributed by atoms with E-state index in [9.17, 15) is 4.39 Å². The van der Waals surface area contributed by atoms with E-state index in [4.69, 9.17) is 0 Å². The predicted molar refractivity (Wildman–Crippen MR) is 75.7 cm³/mol. The molecule has 2 nitrogen and oxygen atoms in total. The van der Waals surface area contributed by atoms with Gasteiger partial charge in [0.2, 0.25) is 0 Å². The highest BCUT2D eigenvalue weighted by molar-refractivity contribution is 5.17. The molecule has 1 aliphatic heterocycles. The average Bonchev–Trinajstić information content (AvgIpc) is 3.23. The minimum atomic E-state index is -0.0670. The minimum Gasteiger partial charge on any atom is -0.309 e. The SMILES string of the molecule is CC1(C2CC2)CN(CCc2ccccc2F)CCN1. The second-order valence-electron chi connectivity index (χ2n) is 6.24. The number of nitrogens with one attached hydrogen (secondary N) is 1. The molecule has 0 aromatic heterocycles. The van der Waals surface area contributed by atoms with Crippen LogP contribution in [0.3, 0.4) is 0 Å². The number of hydrogen-bond acceptors (Lipinski definition) is 2. The van der Waals surface area contributed by atoms with Gasteiger partial charge in [0.25, 0.3) is 0 Å². The summed E-state index contributed by atoms with van der Waals surface area (Å²) in [5.74, 6) is 0.784. The Bertz CT molecular complexity index is 444. The van der Waals surface area contributed by atoms with Crippen molar-refractivity contribution >= 4 is 0 Å². The van der Waals surface area contributed by atoms with Crippen LogP contribution < -0.4 is 5.32 Å². The van der Waals surface area contributed by atoms with Crippen LogP contribution >= 0.6 is 0 Å². The monoisotopic (exact) mass is 262 g/mol. The van der Waals surface area contributed by atoms with E-state index in [0.29, 0.717) is 0 Å². The van der Waals surface area contributed by atoms with E-state index in [1.807, 2.05) is 12.1 Å². The summed E-state index contributed by atoms with van der Waals surface area (Å²) in [7, 11) is 0. The lowest BCUT2D eigenvalue weighted by Gasteiger charge is -2.42. The summed E-state index contributed by atoms with van der Waals surface area (Å²) in [5, 5.41) is 3.68. The second kappa shape index (κ2) is 5.22. The smallest absolute Gasteiger partial charge is 0.126 e. The van der Waals surface area contributed by atoms with Gasteiger partial charge in [0.1, 0.15) is 5.82 Å². The molecule has 2 fully saturated rings. The number of rotatable bonds is 4. The highest BCUT2D eigenvalue weighted by atomic mass is 19.1. The zero-order chi connectivity index (χ0) is 13.3. The molecule has 1 atom stereocenters. The fourth-order valence-corrected chi connectivity index (χ4v) is 3.26. The van der Waals surface area contributed by atoms with Gasteiger partial charge < -0.3 is 5.32 Å². The van der Waals surface area contributed by atoms with Crippen molar-refractivity contribution in [3.63, 3.8) is 0 Å². The molecule has 3 heteroatoms. The molecule has 104 valence electrons. The van der Waals surface area contributed by atoms with Crippen LogP contribution in [0.5, 0.6) is 0 Å². The van der Waals surface area contributed by atoms with Gasteiger partial charge >= 0.3 is 0 Å². The first-order chi connectivity index (χ1) is 9.17.